The molecule has 0 fully saturated rings. The van der Waals surface area contributed by atoms with E-state index in [1.165, 1.54) is 0 Å². The first-order valence-electron chi connectivity index (χ1n) is 4.49. The van der Waals surface area contributed by atoms with Crippen LogP contribution in [0.5, 0.6) is 0 Å². The maximum absolute atomic E-state index is 8.80. The predicted molar refractivity (Wildman–Crippen MR) is 48.7 cm³/mol. The van der Waals surface area contributed by atoms with Gasteiger partial charge in [0.2, 0.25) is 0 Å². The summed E-state index contributed by atoms with van der Waals surface area (Å²) in [5.41, 5.74) is 3.01. The van der Waals surface area contributed by atoms with Crippen molar-refractivity contribution in [1.82, 2.24) is 5.43 Å². The van der Waals surface area contributed by atoms with Crippen molar-refractivity contribution in [2.24, 2.45) is 11.0 Å². The second kappa shape index (κ2) is 4.76. The van der Waals surface area contributed by atoms with E-state index in [0.717, 1.165) is 25.7 Å². The maximum atomic E-state index is 8.80. The largest absolute Gasteiger partial charge is 0.308 e. The van der Waals surface area contributed by atoms with E-state index in [-0.39, 0.29) is 5.92 Å². The van der Waals surface area contributed by atoms with Crippen LogP contribution in [0.25, 0.3) is 0 Å². The van der Waals surface area contributed by atoms with Crippen molar-refractivity contribution in [3.8, 4) is 6.07 Å². The van der Waals surface area contributed by atoms with E-state index in [4.69, 9.17) is 5.26 Å². The van der Waals surface area contributed by atoms with Gasteiger partial charge in [-0.2, -0.15) is 10.4 Å². The third kappa shape index (κ3) is 2.91. The van der Waals surface area contributed by atoms with Crippen LogP contribution in [-0.2, 0) is 0 Å². The molecule has 0 radical (unpaired) electrons. The van der Waals surface area contributed by atoms with Gasteiger partial charge in [0, 0.05) is 18.2 Å². The molecule has 3 nitrogen and oxygen atoms in total. The third-order valence-corrected chi connectivity index (χ3v) is 2.09. The molecule has 1 aliphatic heterocycles. The Morgan fingerprint density at radius 2 is 2.50 bits per heavy atom. The lowest BCUT2D eigenvalue weighted by molar-refractivity contribution is 0.448. The summed E-state index contributed by atoms with van der Waals surface area (Å²) in [7, 11) is 0. The fourth-order valence-electron chi connectivity index (χ4n) is 1.41. The minimum Gasteiger partial charge on any atom is -0.308 e. The molecule has 2 atom stereocenters. The van der Waals surface area contributed by atoms with Gasteiger partial charge in [0.05, 0.1) is 6.07 Å². The average Bonchev–Trinajstić information content (AvgIpc) is 2.16. The minimum absolute atomic E-state index is 0.203. The van der Waals surface area contributed by atoms with Gasteiger partial charge in [-0.05, 0) is 32.6 Å². The summed E-state index contributed by atoms with van der Waals surface area (Å²) in [6.07, 6.45) is 5.88. The van der Waals surface area contributed by atoms with Gasteiger partial charge >= 0.3 is 0 Å². The van der Waals surface area contributed by atoms with Gasteiger partial charge in [0.1, 0.15) is 0 Å². The second-order valence-electron chi connectivity index (χ2n) is 3.33. The number of rotatable bonds is 0. The summed E-state index contributed by atoms with van der Waals surface area (Å²) in [6, 6.07) is 2.66. The fourth-order valence-corrected chi connectivity index (χ4v) is 1.41. The lowest BCUT2D eigenvalue weighted by Crippen LogP contribution is -2.22. The Hall–Kier alpha value is -1.04. The van der Waals surface area contributed by atoms with Crippen LogP contribution >= 0.6 is 0 Å². The first-order chi connectivity index (χ1) is 5.83. The normalized spacial score (nSPS) is 33.3. The molecular formula is C9H15N3. The molecule has 0 aliphatic carbocycles. The number of hydrogen-bond donors (Lipinski definition) is 1. The Morgan fingerprint density at radius 1 is 1.67 bits per heavy atom. The molecule has 0 aromatic heterocycles. The Bertz CT molecular complexity index is 192. The Labute approximate surface area is 73.5 Å². The summed E-state index contributed by atoms with van der Waals surface area (Å²) < 4.78 is 0. The third-order valence-electron chi connectivity index (χ3n) is 2.09. The zero-order valence-electron chi connectivity index (χ0n) is 7.45. The number of nitrogens with one attached hydrogen (secondary N) is 1. The van der Waals surface area contributed by atoms with Crippen molar-refractivity contribution in [2.45, 2.75) is 38.6 Å². The maximum Gasteiger partial charge on any atom is 0.0656 e. The van der Waals surface area contributed by atoms with Gasteiger partial charge in [0.15, 0.2) is 0 Å². The Morgan fingerprint density at radius 3 is 3.25 bits per heavy atom. The lowest BCUT2D eigenvalue weighted by atomic mass is 9.97. The molecule has 0 saturated carbocycles. The zero-order valence-corrected chi connectivity index (χ0v) is 7.45. The summed E-state index contributed by atoms with van der Waals surface area (Å²) in [5, 5.41) is 12.9. The minimum atomic E-state index is 0.203. The van der Waals surface area contributed by atoms with E-state index in [9.17, 15) is 0 Å². The van der Waals surface area contributed by atoms with Crippen LogP contribution in [-0.4, -0.2) is 12.3 Å². The van der Waals surface area contributed by atoms with E-state index in [1.54, 1.807) is 0 Å². The van der Waals surface area contributed by atoms with Crippen molar-refractivity contribution in [1.29, 1.82) is 5.26 Å². The van der Waals surface area contributed by atoms with E-state index in [0.29, 0.717) is 6.04 Å². The Kier molecular flexibility index (Phi) is 3.59. The zero-order chi connectivity index (χ0) is 8.81. The quantitative estimate of drug-likeness (QED) is 0.593. The molecule has 0 aromatic carbocycles. The summed E-state index contributed by atoms with van der Waals surface area (Å²) in [4.78, 5) is 0. The summed E-state index contributed by atoms with van der Waals surface area (Å²) in [6.45, 7) is 2.06. The monoisotopic (exact) mass is 165 g/mol. The number of nitrogens with zero attached hydrogens (tertiary/aromatic N) is 2. The van der Waals surface area contributed by atoms with Gasteiger partial charge in [-0.15, -0.1) is 0 Å². The highest BCUT2D eigenvalue weighted by Gasteiger charge is 2.12. The van der Waals surface area contributed by atoms with E-state index in [2.05, 4.69) is 23.5 Å². The molecule has 3 heteroatoms. The van der Waals surface area contributed by atoms with Crippen LogP contribution in [0.2, 0.25) is 0 Å². The molecule has 66 valence electrons. The van der Waals surface area contributed by atoms with Gasteiger partial charge in [0.25, 0.3) is 0 Å². The molecule has 0 amide bonds. The summed E-state index contributed by atoms with van der Waals surface area (Å²) in [5.74, 6) is 0.203. The molecule has 0 bridgehead atoms. The standard InChI is InChI=1S/C9H15N3/c1-8-6-9(7-10)4-2-3-5-11-12-8/h5,8-9,12H,2-4,6H2,1H3/b11-5-/t8-,9?/m0/s1. The van der Waals surface area contributed by atoms with Crippen LogP contribution in [0.1, 0.15) is 32.6 Å². The average molecular weight is 165 g/mol. The number of hydrogen-bond acceptors (Lipinski definition) is 3. The molecular weight excluding hydrogens is 150 g/mol. The SMILES string of the molecule is C[C@H]1CC(C#N)CCC/C=N\N1. The van der Waals surface area contributed by atoms with Gasteiger partial charge in [-0.3, -0.25) is 0 Å². The molecule has 1 N–H and O–H groups in total. The molecule has 0 aromatic rings. The van der Waals surface area contributed by atoms with Gasteiger partial charge < -0.3 is 5.43 Å². The predicted octanol–water partition coefficient (Wildman–Crippen LogP) is 1.66. The van der Waals surface area contributed by atoms with Crippen LogP contribution in [0, 0.1) is 17.2 Å². The topological polar surface area (TPSA) is 48.2 Å². The van der Waals surface area contributed by atoms with Crippen molar-refractivity contribution >= 4 is 6.21 Å². The highest BCUT2D eigenvalue weighted by molar-refractivity contribution is 5.56. The van der Waals surface area contributed by atoms with Crippen molar-refractivity contribution < 1.29 is 0 Å². The van der Waals surface area contributed by atoms with Crippen molar-refractivity contribution in [3.05, 3.63) is 0 Å². The molecule has 1 unspecified atom stereocenters. The molecule has 1 aliphatic rings. The van der Waals surface area contributed by atoms with E-state index in [1.807, 2.05) is 6.21 Å². The highest BCUT2D eigenvalue weighted by Crippen LogP contribution is 2.14. The Balaban J connectivity index is 2.46. The van der Waals surface area contributed by atoms with Crippen LogP contribution in [0.15, 0.2) is 5.10 Å². The smallest absolute Gasteiger partial charge is 0.0656 e. The molecule has 1 heterocycles. The van der Waals surface area contributed by atoms with Crippen LogP contribution in [0.3, 0.4) is 0 Å². The molecule has 0 spiro atoms. The van der Waals surface area contributed by atoms with E-state index >= 15 is 0 Å². The van der Waals surface area contributed by atoms with Crippen LogP contribution in [0.4, 0.5) is 0 Å². The second-order valence-corrected chi connectivity index (χ2v) is 3.33. The molecule has 1 rings (SSSR count). The van der Waals surface area contributed by atoms with Gasteiger partial charge in [-0.25, -0.2) is 0 Å². The van der Waals surface area contributed by atoms with Crippen molar-refractivity contribution in [2.75, 3.05) is 0 Å². The fraction of sp³-hybridized carbons (Fsp3) is 0.778. The summed E-state index contributed by atoms with van der Waals surface area (Å²) >= 11 is 0. The van der Waals surface area contributed by atoms with Crippen molar-refractivity contribution in [3.63, 3.8) is 0 Å². The first-order valence-corrected chi connectivity index (χ1v) is 4.49. The van der Waals surface area contributed by atoms with E-state index < -0.39 is 0 Å². The van der Waals surface area contributed by atoms with Crippen LogP contribution < -0.4 is 5.43 Å². The molecule has 0 saturated heterocycles. The first kappa shape index (κ1) is 9.05. The van der Waals surface area contributed by atoms with Gasteiger partial charge in [-0.1, -0.05) is 0 Å². The highest BCUT2D eigenvalue weighted by atomic mass is 15.3. The number of nitriles is 1. The lowest BCUT2D eigenvalue weighted by Gasteiger charge is -2.12. The molecule has 12 heavy (non-hydrogen) atoms. The number of hydrazone groups is 1.